The van der Waals surface area contributed by atoms with Gasteiger partial charge in [-0.2, -0.15) is 8.78 Å². The van der Waals surface area contributed by atoms with Crippen LogP contribution in [0.25, 0.3) is 0 Å². The predicted octanol–water partition coefficient (Wildman–Crippen LogP) is 2.45. The van der Waals surface area contributed by atoms with Gasteiger partial charge in [0.05, 0.1) is 7.11 Å². The Morgan fingerprint density at radius 3 is 2.83 bits per heavy atom. The lowest BCUT2D eigenvalue weighted by Crippen LogP contribution is -2.38. The second kappa shape index (κ2) is 9.52. The molecule has 1 unspecified atom stereocenters. The molecular weight excluding hydrogens is 330 g/mol. The summed E-state index contributed by atoms with van der Waals surface area (Å²) in [5, 5.41) is 6.10. The molecule has 1 atom stereocenters. The molecule has 1 aromatic carbocycles. The summed E-state index contributed by atoms with van der Waals surface area (Å²) in [6.45, 7) is -0.525. The fraction of sp³-hybridized carbons (Fsp3) is 0.533. The summed E-state index contributed by atoms with van der Waals surface area (Å²) in [5.41, 5.74) is 0.264. The third-order valence-corrected chi connectivity index (χ3v) is 3.59. The van der Waals surface area contributed by atoms with Crippen LogP contribution in [0.2, 0.25) is 0 Å². The zero-order valence-corrected chi connectivity index (χ0v) is 13.6. The molecule has 1 saturated heterocycles. The zero-order chi connectivity index (χ0) is 15.9. The molecule has 0 saturated carbocycles. The monoisotopic (exact) mass is 350 g/mol. The highest BCUT2D eigenvalue weighted by atomic mass is 35.5. The van der Waals surface area contributed by atoms with E-state index in [1.54, 1.807) is 0 Å². The summed E-state index contributed by atoms with van der Waals surface area (Å²) in [6.07, 6.45) is 2.16. The molecule has 1 aliphatic rings. The highest BCUT2D eigenvalue weighted by Gasteiger charge is 2.17. The molecule has 1 amide bonds. The van der Waals surface area contributed by atoms with Crippen LogP contribution in [0.5, 0.6) is 11.5 Å². The van der Waals surface area contributed by atoms with Gasteiger partial charge in [0, 0.05) is 12.1 Å². The van der Waals surface area contributed by atoms with Crippen molar-refractivity contribution in [3.05, 3.63) is 23.8 Å². The minimum Gasteiger partial charge on any atom is -0.493 e. The molecule has 0 aromatic heterocycles. The Bertz CT molecular complexity index is 511. The number of carbonyl (C=O) groups is 1. The van der Waals surface area contributed by atoms with Crippen LogP contribution in [0, 0.1) is 5.92 Å². The summed E-state index contributed by atoms with van der Waals surface area (Å²) in [4.78, 5) is 12.1. The van der Waals surface area contributed by atoms with Gasteiger partial charge in [0.1, 0.15) is 0 Å². The van der Waals surface area contributed by atoms with Crippen molar-refractivity contribution >= 4 is 18.3 Å². The van der Waals surface area contributed by atoms with Gasteiger partial charge < -0.3 is 20.1 Å². The van der Waals surface area contributed by atoms with E-state index in [9.17, 15) is 13.6 Å². The maximum atomic E-state index is 12.4. The number of amides is 1. The van der Waals surface area contributed by atoms with Crippen molar-refractivity contribution in [3.63, 3.8) is 0 Å². The Balaban J connectivity index is 0.00000264. The van der Waals surface area contributed by atoms with Crippen LogP contribution in [-0.2, 0) is 0 Å². The first kappa shape index (κ1) is 19.4. The Hall–Kier alpha value is -1.60. The molecule has 0 bridgehead atoms. The van der Waals surface area contributed by atoms with Crippen molar-refractivity contribution in [2.24, 2.45) is 5.92 Å². The topological polar surface area (TPSA) is 59.6 Å². The van der Waals surface area contributed by atoms with Crippen LogP contribution in [0.3, 0.4) is 0 Å². The van der Waals surface area contributed by atoms with E-state index < -0.39 is 6.61 Å². The molecule has 2 rings (SSSR count). The van der Waals surface area contributed by atoms with Crippen LogP contribution < -0.4 is 20.1 Å². The predicted molar refractivity (Wildman–Crippen MR) is 84.8 cm³/mol. The number of halogens is 3. The van der Waals surface area contributed by atoms with Gasteiger partial charge in [0.25, 0.3) is 5.91 Å². The lowest BCUT2D eigenvalue weighted by Gasteiger charge is -2.22. The average Bonchev–Trinajstić information content (AvgIpc) is 2.53. The number of hydrogen-bond acceptors (Lipinski definition) is 4. The summed E-state index contributed by atoms with van der Waals surface area (Å²) < 4.78 is 34.1. The molecular formula is C15H21ClF2N2O3. The number of rotatable bonds is 6. The maximum absolute atomic E-state index is 12.4. The first-order valence-electron chi connectivity index (χ1n) is 7.22. The third-order valence-electron chi connectivity index (χ3n) is 3.59. The number of benzene rings is 1. The van der Waals surface area contributed by atoms with Crippen molar-refractivity contribution in [1.29, 1.82) is 0 Å². The van der Waals surface area contributed by atoms with E-state index in [0.717, 1.165) is 25.9 Å². The summed E-state index contributed by atoms with van der Waals surface area (Å²) in [5.74, 6) is 0.0953. The molecule has 23 heavy (non-hydrogen) atoms. The van der Waals surface area contributed by atoms with E-state index in [4.69, 9.17) is 4.74 Å². The maximum Gasteiger partial charge on any atom is 0.387 e. The van der Waals surface area contributed by atoms with Gasteiger partial charge in [-0.15, -0.1) is 12.4 Å². The van der Waals surface area contributed by atoms with Gasteiger partial charge in [0.15, 0.2) is 11.5 Å². The van der Waals surface area contributed by atoms with Crippen molar-refractivity contribution in [2.45, 2.75) is 19.5 Å². The average molecular weight is 351 g/mol. The first-order valence-corrected chi connectivity index (χ1v) is 7.22. The number of ether oxygens (including phenoxy) is 2. The Kier molecular flexibility index (Phi) is 8.05. The number of methoxy groups -OCH3 is 1. The van der Waals surface area contributed by atoms with E-state index in [1.807, 2.05) is 0 Å². The van der Waals surface area contributed by atoms with E-state index in [0.29, 0.717) is 12.5 Å². The van der Waals surface area contributed by atoms with Crippen LogP contribution in [0.4, 0.5) is 8.78 Å². The van der Waals surface area contributed by atoms with E-state index in [2.05, 4.69) is 15.4 Å². The molecule has 8 heteroatoms. The lowest BCUT2D eigenvalue weighted by atomic mass is 9.99. The molecule has 1 aliphatic heterocycles. The second-order valence-electron chi connectivity index (χ2n) is 5.17. The van der Waals surface area contributed by atoms with Crippen molar-refractivity contribution < 1.29 is 23.0 Å². The Morgan fingerprint density at radius 1 is 1.43 bits per heavy atom. The molecule has 5 nitrogen and oxygen atoms in total. The van der Waals surface area contributed by atoms with Gasteiger partial charge in [-0.25, -0.2) is 0 Å². The standard InChI is InChI=1S/C15H20F2N2O3.ClH/c1-21-12-5-4-11(7-13(12)22-15(16)17)14(20)19-9-10-3-2-6-18-8-10;/h4-5,7,10,15,18H,2-3,6,8-9H2,1H3,(H,19,20);1H. The lowest BCUT2D eigenvalue weighted by molar-refractivity contribution is -0.0512. The van der Waals surface area contributed by atoms with Gasteiger partial charge in [-0.3, -0.25) is 4.79 Å². The normalized spacial score (nSPS) is 17.3. The number of nitrogens with one attached hydrogen (secondary N) is 2. The van der Waals surface area contributed by atoms with Crippen molar-refractivity contribution in [2.75, 3.05) is 26.7 Å². The minimum absolute atomic E-state index is 0. The SMILES string of the molecule is COc1ccc(C(=O)NCC2CCCNC2)cc1OC(F)F.Cl. The van der Waals surface area contributed by atoms with Gasteiger partial charge in [-0.05, 0) is 50.0 Å². The molecule has 1 heterocycles. The van der Waals surface area contributed by atoms with E-state index in [1.165, 1.54) is 25.3 Å². The van der Waals surface area contributed by atoms with Crippen LogP contribution in [-0.4, -0.2) is 39.3 Å². The Labute approximate surface area is 140 Å². The third kappa shape index (κ3) is 5.84. The van der Waals surface area contributed by atoms with Crippen LogP contribution >= 0.6 is 12.4 Å². The Morgan fingerprint density at radius 2 is 2.22 bits per heavy atom. The zero-order valence-electron chi connectivity index (χ0n) is 12.8. The first-order chi connectivity index (χ1) is 10.6. The number of piperidine rings is 1. The molecule has 0 radical (unpaired) electrons. The van der Waals surface area contributed by atoms with Crippen LogP contribution in [0.1, 0.15) is 23.2 Å². The second-order valence-corrected chi connectivity index (χ2v) is 5.17. The molecule has 1 aromatic rings. The summed E-state index contributed by atoms with van der Waals surface area (Å²) in [7, 11) is 1.35. The van der Waals surface area contributed by atoms with Crippen molar-refractivity contribution in [3.8, 4) is 11.5 Å². The number of hydrogen-bond donors (Lipinski definition) is 2. The van der Waals surface area contributed by atoms with Crippen molar-refractivity contribution in [1.82, 2.24) is 10.6 Å². The van der Waals surface area contributed by atoms with Gasteiger partial charge >= 0.3 is 6.61 Å². The molecule has 0 spiro atoms. The molecule has 2 N–H and O–H groups in total. The molecule has 1 fully saturated rings. The number of alkyl halides is 2. The van der Waals surface area contributed by atoms with E-state index in [-0.39, 0.29) is 35.4 Å². The fourth-order valence-electron chi connectivity index (χ4n) is 2.44. The fourth-order valence-corrected chi connectivity index (χ4v) is 2.44. The smallest absolute Gasteiger partial charge is 0.387 e. The summed E-state index contributed by atoms with van der Waals surface area (Å²) in [6, 6.07) is 4.22. The molecule has 130 valence electrons. The highest BCUT2D eigenvalue weighted by molar-refractivity contribution is 5.94. The quantitative estimate of drug-likeness (QED) is 0.827. The van der Waals surface area contributed by atoms with E-state index >= 15 is 0 Å². The highest BCUT2D eigenvalue weighted by Crippen LogP contribution is 2.29. The van der Waals surface area contributed by atoms with Gasteiger partial charge in [0.2, 0.25) is 0 Å². The van der Waals surface area contributed by atoms with Crippen LogP contribution in [0.15, 0.2) is 18.2 Å². The largest absolute Gasteiger partial charge is 0.493 e. The van der Waals surface area contributed by atoms with Gasteiger partial charge in [-0.1, -0.05) is 0 Å². The number of carbonyl (C=O) groups excluding carboxylic acids is 1. The summed E-state index contributed by atoms with van der Waals surface area (Å²) >= 11 is 0. The minimum atomic E-state index is -2.97. The molecule has 0 aliphatic carbocycles.